The number of nitrogens with zero attached hydrogens (tertiary/aromatic N) is 1. The van der Waals surface area contributed by atoms with Crippen LogP contribution in [-0.2, 0) is 16.0 Å². The van der Waals surface area contributed by atoms with Gasteiger partial charge in [0.1, 0.15) is 12.1 Å². The van der Waals surface area contributed by atoms with Crippen LogP contribution in [0.1, 0.15) is 58.4 Å². The Balaban J connectivity index is 1.97. The number of carbonyl (C=O) groups is 3. The Kier molecular flexibility index (Phi) is 6.77. The van der Waals surface area contributed by atoms with Gasteiger partial charge in [-0.2, -0.15) is 0 Å². The van der Waals surface area contributed by atoms with Gasteiger partial charge in [0.25, 0.3) is 5.91 Å². The molecule has 0 spiro atoms. The molecule has 0 bridgehead atoms. The molecule has 1 aliphatic heterocycles. The highest BCUT2D eigenvalue weighted by Crippen LogP contribution is 2.24. The van der Waals surface area contributed by atoms with Gasteiger partial charge in [0.05, 0.1) is 0 Å². The SMILES string of the molecule is CCCCCCC1(C)NC(=O)N(CC(=O)Nc2ccccc2CC)C1=O. The molecule has 26 heavy (non-hydrogen) atoms. The number of carbonyl (C=O) groups excluding carboxylic acids is 3. The molecular formula is C20H29N3O3. The number of hydrogen-bond donors (Lipinski definition) is 2. The minimum absolute atomic E-state index is 0.271. The van der Waals surface area contributed by atoms with Gasteiger partial charge in [-0.25, -0.2) is 4.79 Å². The standard InChI is InChI=1S/C20H29N3O3/c1-4-6-7-10-13-20(3)18(25)23(19(26)22-20)14-17(24)21-16-12-9-8-11-15(16)5-2/h8-9,11-12H,4-7,10,13-14H2,1-3H3,(H,21,24)(H,22,26). The monoisotopic (exact) mass is 359 g/mol. The number of aryl methyl sites for hydroxylation is 1. The van der Waals surface area contributed by atoms with Gasteiger partial charge in [-0.1, -0.05) is 57.7 Å². The highest BCUT2D eigenvalue weighted by molar-refractivity contribution is 6.09. The molecule has 1 saturated heterocycles. The molecule has 2 N–H and O–H groups in total. The van der Waals surface area contributed by atoms with E-state index >= 15 is 0 Å². The van der Waals surface area contributed by atoms with Crippen LogP contribution in [0.4, 0.5) is 10.5 Å². The van der Waals surface area contributed by atoms with Crippen molar-refractivity contribution in [2.45, 2.75) is 64.8 Å². The lowest BCUT2D eigenvalue weighted by molar-refractivity contribution is -0.133. The van der Waals surface area contributed by atoms with E-state index in [1.54, 1.807) is 6.92 Å². The van der Waals surface area contributed by atoms with Gasteiger partial charge in [0, 0.05) is 5.69 Å². The molecule has 0 aromatic heterocycles. The molecule has 1 aliphatic rings. The smallest absolute Gasteiger partial charge is 0.324 e. The van der Waals surface area contributed by atoms with Gasteiger partial charge in [-0.3, -0.25) is 14.5 Å². The molecule has 4 amide bonds. The van der Waals surface area contributed by atoms with Gasteiger partial charge in [-0.15, -0.1) is 0 Å². The fourth-order valence-corrected chi connectivity index (χ4v) is 3.25. The number of urea groups is 1. The fourth-order valence-electron chi connectivity index (χ4n) is 3.25. The van der Waals surface area contributed by atoms with E-state index in [0.29, 0.717) is 6.42 Å². The van der Waals surface area contributed by atoms with E-state index in [9.17, 15) is 14.4 Å². The Bertz CT molecular complexity index is 674. The predicted molar refractivity (Wildman–Crippen MR) is 102 cm³/mol. The average Bonchev–Trinajstić information content (AvgIpc) is 2.83. The normalized spacial score (nSPS) is 19.6. The largest absolute Gasteiger partial charge is 0.325 e. The van der Waals surface area contributed by atoms with Crippen molar-refractivity contribution in [3.05, 3.63) is 29.8 Å². The quantitative estimate of drug-likeness (QED) is 0.523. The molecule has 1 heterocycles. The summed E-state index contributed by atoms with van der Waals surface area (Å²) in [4.78, 5) is 38.3. The molecule has 2 rings (SSSR count). The van der Waals surface area contributed by atoms with Gasteiger partial charge in [-0.05, 0) is 31.4 Å². The summed E-state index contributed by atoms with van der Waals surface area (Å²) >= 11 is 0. The lowest BCUT2D eigenvalue weighted by atomic mass is 9.94. The third-order valence-electron chi connectivity index (χ3n) is 4.85. The lowest BCUT2D eigenvalue weighted by Crippen LogP contribution is -2.44. The maximum Gasteiger partial charge on any atom is 0.325 e. The zero-order valence-electron chi connectivity index (χ0n) is 15.9. The zero-order valence-corrected chi connectivity index (χ0v) is 15.9. The van der Waals surface area contributed by atoms with Crippen molar-refractivity contribution in [2.75, 3.05) is 11.9 Å². The lowest BCUT2D eigenvalue weighted by Gasteiger charge is -2.21. The number of para-hydroxylation sites is 1. The number of anilines is 1. The Hall–Kier alpha value is -2.37. The van der Waals surface area contributed by atoms with Gasteiger partial charge in [0.15, 0.2) is 0 Å². The van der Waals surface area contributed by atoms with E-state index < -0.39 is 11.6 Å². The summed E-state index contributed by atoms with van der Waals surface area (Å²) in [6.45, 7) is 5.60. The minimum atomic E-state index is -0.910. The number of hydrogen-bond acceptors (Lipinski definition) is 3. The Morgan fingerprint density at radius 1 is 1.15 bits per heavy atom. The molecule has 0 radical (unpaired) electrons. The zero-order chi connectivity index (χ0) is 19.2. The Morgan fingerprint density at radius 2 is 1.88 bits per heavy atom. The molecule has 1 atom stereocenters. The molecule has 1 aromatic carbocycles. The first-order chi connectivity index (χ1) is 12.4. The van der Waals surface area contributed by atoms with Crippen LogP contribution >= 0.6 is 0 Å². The summed E-state index contributed by atoms with van der Waals surface area (Å²) in [7, 11) is 0. The third kappa shape index (κ3) is 4.62. The molecule has 1 aromatic rings. The number of benzene rings is 1. The van der Waals surface area contributed by atoms with Crippen molar-refractivity contribution >= 4 is 23.5 Å². The van der Waals surface area contributed by atoms with E-state index in [1.165, 1.54) is 0 Å². The molecule has 1 fully saturated rings. The van der Waals surface area contributed by atoms with E-state index in [0.717, 1.165) is 48.3 Å². The van der Waals surface area contributed by atoms with Crippen LogP contribution in [0.25, 0.3) is 0 Å². The maximum atomic E-state index is 12.7. The van der Waals surface area contributed by atoms with Crippen molar-refractivity contribution in [3.63, 3.8) is 0 Å². The predicted octanol–water partition coefficient (Wildman–Crippen LogP) is 3.47. The summed E-state index contributed by atoms with van der Waals surface area (Å²) in [5, 5.41) is 5.56. The minimum Gasteiger partial charge on any atom is -0.324 e. The van der Waals surface area contributed by atoms with Crippen molar-refractivity contribution in [1.29, 1.82) is 0 Å². The van der Waals surface area contributed by atoms with Crippen LogP contribution in [0.3, 0.4) is 0 Å². The van der Waals surface area contributed by atoms with Gasteiger partial charge >= 0.3 is 6.03 Å². The topological polar surface area (TPSA) is 78.5 Å². The van der Waals surface area contributed by atoms with Crippen LogP contribution in [-0.4, -0.2) is 34.8 Å². The first-order valence-electron chi connectivity index (χ1n) is 9.43. The number of nitrogens with one attached hydrogen (secondary N) is 2. The number of rotatable bonds is 9. The maximum absolute atomic E-state index is 12.7. The van der Waals surface area contributed by atoms with Crippen LogP contribution in [0, 0.1) is 0 Å². The van der Waals surface area contributed by atoms with Crippen LogP contribution in [0.2, 0.25) is 0 Å². The Morgan fingerprint density at radius 3 is 2.58 bits per heavy atom. The Labute approximate surface area is 155 Å². The third-order valence-corrected chi connectivity index (χ3v) is 4.85. The highest BCUT2D eigenvalue weighted by Gasteiger charge is 2.47. The molecule has 1 unspecified atom stereocenters. The molecular weight excluding hydrogens is 330 g/mol. The average molecular weight is 359 g/mol. The van der Waals surface area contributed by atoms with Gasteiger partial charge in [0.2, 0.25) is 5.91 Å². The highest BCUT2D eigenvalue weighted by atomic mass is 16.2. The first kappa shape index (κ1) is 19.9. The summed E-state index contributed by atoms with van der Waals surface area (Å²) in [5.41, 5.74) is 0.820. The van der Waals surface area contributed by atoms with Gasteiger partial charge < -0.3 is 10.6 Å². The second kappa shape index (κ2) is 8.83. The van der Waals surface area contributed by atoms with Crippen LogP contribution in [0.5, 0.6) is 0 Å². The number of unbranched alkanes of at least 4 members (excludes halogenated alkanes) is 3. The van der Waals surface area contributed by atoms with Crippen LogP contribution in [0.15, 0.2) is 24.3 Å². The summed E-state index contributed by atoms with van der Waals surface area (Å²) < 4.78 is 0. The summed E-state index contributed by atoms with van der Waals surface area (Å²) in [6, 6.07) is 7.02. The van der Waals surface area contributed by atoms with Crippen molar-refractivity contribution in [3.8, 4) is 0 Å². The van der Waals surface area contributed by atoms with E-state index in [-0.39, 0.29) is 18.4 Å². The molecule has 0 saturated carbocycles. The van der Waals surface area contributed by atoms with Crippen molar-refractivity contribution in [2.24, 2.45) is 0 Å². The summed E-state index contributed by atoms with van der Waals surface area (Å²) in [6.07, 6.45) is 5.51. The van der Waals surface area contributed by atoms with Crippen LogP contribution < -0.4 is 10.6 Å². The summed E-state index contributed by atoms with van der Waals surface area (Å²) in [5.74, 6) is -0.692. The molecule has 6 heteroatoms. The second-order valence-electron chi connectivity index (χ2n) is 7.02. The molecule has 6 nitrogen and oxygen atoms in total. The van der Waals surface area contributed by atoms with E-state index in [1.807, 2.05) is 31.2 Å². The first-order valence-corrected chi connectivity index (χ1v) is 9.43. The number of amides is 4. The number of imide groups is 1. The van der Waals surface area contributed by atoms with E-state index in [4.69, 9.17) is 0 Å². The molecule has 0 aliphatic carbocycles. The van der Waals surface area contributed by atoms with Crippen molar-refractivity contribution in [1.82, 2.24) is 10.2 Å². The van der Waals surface area contributed by atoms with Crippen molar-refractivity contribution < 1.29 is 14.4 Å². The van der Waals surface area contributed by atoms with E-state index in [2.05, 4.69) is 17.6 Å². The molecule has 142 valence electrons. The fraction of sp³-hybridized carbons (Fsp3) is 0.550. The second-order valence-corrected chi connectivity index (χ2v) is 7.02.